The lowest BCUT2D eigenvalue weighted by molar-refractivity contribution is -0.125. The highest BCUT2D eigenvalue weighted by molar-refractivity contribution is 8.00. The minimum absolute atomic E-state index is 0.0363. The van der Waals surface area contributed by atoms with Gasteiger partial charge < -0.3 is 14.1 Å². The Morgan fingerprint density at radius 3 is 2.48 bits per heavy atom. The summed E-state index contributed by atoms with van der Waals surface area (Å²) in [5.41, 5.74) is 1.18. The van der Waals surface area contributed by atoms with Gasteiger partial charge in [0.05, 0.1) is 11.3 Å². The number of aromatic nitrogens is 2. The minimum Gasteiger partial charge on any atom is -0.449 e. The van der Waals surface area contributed by atoms with E-state index in [1.54, 1.807) is 39.2 Å². The average Bonchev–Trinajstić information content (AvgIpc) is 3.23. The Hall–Kier alpha value is -3.13. The molecule has 0 saturated heterocycles. The summed E-state index contributed by atoms with van der Waals surface area (Å²) in [5, 5.41) is 8.01. The van der Waals surface area contributed by atoms with Gasteiger partial charge in [0.25, 0.3) is 5.89 Å². The fourth-order valence-electron chi connectivity index (χ4n) is 2.40. The minimum atomic E-state index is -0.714. The summed E-state index contributed by atoms with van der Waals surface area (Å²) in [7, 11) is 3.39. The maximum atomic E-state index is 12.7. The van der Waals surface area contributed by atoms with E-state index >= 15 is 0 Å². The standard InChI is InChI=1S/C21H21N3O4S/c1-14(19-22-23-20(28-19)15-9-5-4-6-10-15)27-21(26)16-11-7-8-12-17(16)29-13-18(25)24(2)3/h4-12,14H,13H2,1-3H3. The van der Waals surface area contributed by atoms with Crippen molar-refractivity contribution in [1.82, 2.24) is 15.1 Å². The lowest BCUT2D eigenvalue weighted by Crippen LogP contribution is -2.23. The molecule has 1 unspecified atom stereocenters. The first-order valence-corrected chi connectivity index (χ1v) is 9.96. The third-order valence-electron chi connectivity index (χ3n) is 4.05. The number of hydrogen-bond donors (Lipinski definition) is 0. The highest BCUT2D eigenvalue weighted by atomic mass is 32.2. The molecular formula is C21H21N3O4S. The van der Waals surface area contributed by atoms with Crippen molar-refractivity contribution >= 4 is 23.6 Å². The molecule has 3 rings (SSSR count). The molecule has 2 aromatic carbocycles. The van der Waals surface area contributed by atoms with E-state index in [4.69, 9.17) is 9.15 Å². The third-order valence-corrected chi connectivity index (χ3v) is 5.11. The lowest BCUT2D eigenvalue weighted by atomic mass is 10.2. The normalized spacial score (nSPS) is 11.7. The molecule has 150 valence electrons. The van der Waals surface area contributed by atoms with Gasteiger partial charge in [0, 0.05) is 24.6 Å². The first kappa shape index (κ1) is 20.6. The maximum Gasteiger partial charge on any atom is 0.340 e. The van der Waals surface area contributed by atoms with Crippen molar-refractivity contribution in [1.29, 1.82) is 0 Å². The van der Waals surface area contributed by atoms with Crippen molar-refractivity contribution in [3.8, 4) is 11.5 Å². The number of nitrogens with zero attached hydrogens (tertiary/aromatic N) is 3. The van der Waals surface area contributed by atoms with E-state index in [1.807, 2.05) is 36.4 Å². The van der Waals surface area contributed by atoms with Gasteiger partial charge >= 0.3 is 5.97 Å². The van der Waals surface area contributed by atoms with Gasteiger partial charge in [-0.3, -0.25) is 4.79 Å². The summed E-state index contributed by atoms with van der Waals surface area (Å²) in [4.78, 5) is 26.7. The van der Waals surface area contributed by atoms with Gasteiger partial charge in [0.1, 0.15) is 0 Å². The molecule has 8 heteroatoms. The van der Waals surface area contributed by atoms with E-state index in [1.165, 1.54) is 16.7 Å². The zero-order chi connectivity index (χ0) is 20.8. The van der Waals surface area contributed by atoms with Gasteiger partial charge in [-0.05, 0) is 31.2 Å². The molecule has 29 heavy (non-hydrogen) atoms. The van der Waals surface area contributed by atoms with Crippen LogP contribution in [0.4, 0.5) is 0 Å². The van der Waals surface area contributed by atoms with Gasteiger partial charge in [-0.25, -0.2) is 4.79 Å². The van der Waals surface area contributed by atoms with E-state index in [2.05, 4.69) is 10.2 Å². The van der Waals surface area contributed by atoms with Crippen molar-refractivity contribution in [2.75, 3.05) is 19.8 Å². The highest BCUT2D eigenvalue weighted by Gasteiger charge is 2.22. The summed E-state index contributed by atoms with van der Waals surface area (Å²) < 4.78 is 11.2. The Bertz CT molecular complexity index is 988. The second kappa shape index (κ2) is 9.38. The first-order valence-electron chi connectivity index (χ1n) is 8.97. The molecule has 0 saturated carbocycles. The summed E-state index contributed by atoms with van der Waals surface area (Å²) in [6.07, 6.45) is -0.714. The van der Waals surface area contributed by atoms with Gasteiger partial charge in [0.15, 0.2) is 6.10 Å². The molecule has 1 amide bonds. The molecule has 1 atom stereocenters. The van der Waals surface area contributed by atoms with Crippen LogP contribution in [0.1, 0.15) is 29.3 Å². The summed E-state index contributed by atoms with van der Waals surface area (Å²) in [6, 6.07) is 16.4. The molecule has 1 aromatic heterocycles. The Labute approximate surface area is 173 Å². The molecule has 0 N–H and O–H groups in total. The fraction of sp³-hybridized carbons (Fsp3) is 0.238. The summed E-state index contributed by atoms with van der Waals surface area (Å²) in [5.74, 6) is 0.256. The largest absolute Gasteiger partial charge is 0.449 e. The molecule has 0 aliphatic carbocycles. The number of benzene rings is 2. The molecule has 1 heterocycles. The van der Waals surface area contributed by atoms with Crippen molar-refractivity contribution in [2.45, 2.75) is 17.9 Å². The number of carbonyl (C=O) groups is 2. The molecule has 0 radical (unpaired) electrons. The van der Waals surface area contributed by atoms with Gasteiger partial charge in [-0.15, -0.1) is 22.0 Å². The number of amides is 1. The zero-order valence-corrected chi connectivity index (χ0v) is 17.2. The van der Waals surface area contributed by atoms with Crippen LogP contribution in [0.5, 0.6) is 0 Å². The maximum absolute atomic E-state index is 12.7. The molecule has 0 spiro atoms. The number of ether oxygens (including phenoxy) is 1. The van der Waals surface area contributed by atoms with E-state index < -0.39 is 12.1 Å². The predicted octanol–water partition coefficient (Wildman–Crippen LogP) is 3.83. The monoisotopic (exact) mass is 411 g/mol. The second-order valence-corrected chi connectivity index (χ2v) is 7.45. The number of rotatable bonds is 7. The average molecular weight is 411 g/mol. The van der Waals surface area contributed by atoms with Gasteiger partial charge in [-0.2, -0.15) is 0 Å². The molecule has 0 bridgehead atoms. The zero-order valence-electron chi connectivity index (χ0n) is 16.4. The predicted molar refractivity (Wildman–Crippen MR) is 109 cm³/mol. The summed E-state index contributed by atoms with van der Waals surface area (Å²) >= 11 is 1.29. The van der Waals surface area contributed by atoms with E-state index in [9.17, 15) is 9.59 Å². The highest BCUT2D eigenvalue weighted by Crippen LogP contribution is 2.27. The van der Waals surface area contributed by atoms with Crippen LogP contribution in [0.15, 0.2) is 63.9 Å². The van der Waals surface area contributed by atoms with Crippen LogP contribution < -0.4 is 0 Å². The van der Waals surface area contributed by atoms with Crippen LogP contribution in [0.3, 0.4) is 0 Å². The Morgan fingerprint density at radius 1 is 1.07 bits per heavy atom. The van der Waals surface area contributed by atoms with E-state index in [0.29, 0.717) is 16.3 Å². The van der Waals surface area contributed by atoms with Crippen molar-refractivity contribution in [3.05, 3.63) is 66.1 Å². The molecular weight excluding hydrogens is 390 g/mol. The van der Waals surface area contributed by atoms with E-state index in [0.717, 1.165) is 5.56 Å². The topological polar surface area (TPSA) is 85.5 Å². The first-order chi connectivity index (χ1) is 14.0. The van der Waals surface area contributed by atoms with E-state index in [-0.39, 0.29) is 17.6 Å². The van der Waals surface area contributed by atoms with Crippen molar-refractivity contribution in [3.63, 3.8) is 0 Å². The van der Waals surface area contributed by atoms with Crippen molar-refractivity contribution < 1.29 is 18.7 Å². The Kier molecular flexibility index (Phi) is 6.66. The molecule has 0 aliphatic rings. The SMILES string of the molecule is CC(OC(=O)c1ccccc1SCC(=O)N(C)C)c1nnc(-c2ccccc2)o1. The van der Waals surface area contributed by atoms with Crippen LogP contribution in [0.25, 0.3) is 11.5 Å². The number of esters is 1. The van der Waals surface area contributed by atoms with Crippen LogP contribution in [-0.4, -0.2) is 46.8 Å². The van der Waals surface area contributed by atoms with Gasteiger partial charge in [0.2, 0.25) is 11.8 Å². The number of carbonyl (C=O) groups excluding carboxylic acids is 2. The molecule has 0 aliphatic heterocycles. The second-order valence-electron chi connectivity index (χ2n) is 6.43. The van der Waals surface area contributed by atoms with Gasteiger partial charge in [-0.1, -0.05) is 30.3 Å². The third kappa shape index (κ3) is 5.23. The molecule has 3 aromatic rings. The van der Waals surface area contributed by atoms with Crippen LogP contribution in [0.2, 0.25) is 0 Å². The molecule has 7 nitrogen and oxygen atoms in total. The quantitative estimate of drug-likeness (QED) is 0.431. The molecule has 0 fully saturated rings. The smallest absolute Gasteiger partial charge is 0.340 e. The Balaban J connectivity index is 1.69. The number of thioether (sulfide) groups is 1. The summed E-state index contributed by atoms with van der Waals surface area (Å²) in [6.45, 7) is 1.67. The Morgan fingerprint density at radius 2 is 1.76 bits per heavy atom. The lowest BCUT2D eigenvalue weighted by Gasteiger charge is -2.13. The van der Waals surface area contributed by atoms with Crippen LogP contribution in [-0.2, 0) is 9.53 Å². The fourth-order valence-corrected chi connectivity index (χ4v) is 3.42. The van der Waals surface area contributed by atoms with Crippen molar-refractivity contribution in [2.24, 2.45) is 0 Å². The number of hydrogen-bond acceptors (Lipinski definition) is 7. The van der Waals surface area contributed by atoms with Crippen LogP contribution in [0, 0.1) is 0 Å². The van der Waals surface area contributed by atoms with Crippen LogP contribution >= 0.6 is 11.8 Å².